The van der Waals surface area contributed by atoms with E-state index in [4.69, 9.17) is 0 Å². The minimum atomic E-state index is 0.0645. The highest BCUT2D eigenvalue weighted by Crippen LogP contribution is 2.20. The van der Waals surface area contributed by atoms with Crippen molar-refractivity contribution in [3.05, 3.63) is 29.3 Å². The normalized spacial score (nSPS) is 10.6. The summed E-state index contributed by atoms with van der Waals surface area (Å²) in [6, 6.07) is 6.02. The lowest BCUT2D eigenvalue weighted by Crippen LogP contribution is -2.07. The molecule has 3 heteroatoms. The minimum absolute atomic E-state index is 0.0645. The van der Waals surface area contributed by atoms with Gasteiger partial charge in [0.15, 0.2) is 0 Å². The van der Waals surface area contributed by atoms with E-state index in [1.807, 2.05) is 19.1 Å². The fraction of sp³-hybridized carbons (Fsp3) is 0.611. The first kappa shape index (κ1) is 18.1. The Hall–Kier alpha value is -0.960. The Kier molecular flexibility index (Phi) is 9.24. The Morgan fingerprint density at radius 2 is 1.71 bits per heavy atom. The van der Waals surface area contributed by atoms with Crippen LogP contribution in [0.15, 0.2) is 18.2 Å². The molecule has 0 bridgehead atoms. The molecule has 0 saturated heterocycles. The van der Waals surface area contributed by atoms with Gasteiger partial charge in [0, 0.05) is 11.4 Å². The van der Waals surface area contributed by atoms with Gasteiger partial charge < -0.3 is 5.32 Å². The fourth-order valence-electron chi connectivity index (χ4n) is 2.26. The molecule has 0 fully saturated rings. The highest BCUT2D eigenvalue weighted by atomic mass is 32.2. The van der Waals surface area contributed by atoms with Crippen molar-refractivity contribution in [3.63, 3.8) is 0 Å². The van der Waals surface area contributed by atoms with Gasteiger partial charge in [-0.25, -0.2) is 0 Å². The molecule has 0 saturated carbocycles. The molecule has 0 spiro atoms. The molecule has 0 aliphatic carbocycles. The zero-order valence-corrected chi connectivity index (χ0v) is 14.5. The van der Waals surface area contributed by atoms with Crippen molar-refractivity contribution in [1.29, 1.82) is 0 Å². The third-order valence-corrected chi connectivity index (χ3v) is 4.68. The molecule has 2 nitrogen and oxygen atoms in total. The lowest BCUT2D eigenvalue weighted by molar-refractivity contribution is 0.269. The third-order valence-electron chi connectivity index (χ3n) is 3.82. The van der Waals surface area contributed by atoms with E-state index in [-0.39, 0.29) is 5.24 Å². The molecule has 1 aromatic rings. The van der Waals surface area contributed by atoms with Crippen molar-refractivity contribution in [2.24, 2.45) is 0 Å². The Bertz CT molecular complexity index is 431. The van der Waals surface area contributed by atoms with Crippen molar-refractivity contribution in [2.45, 2.75) is 65.7 Å². The SMILES string of the molecule is CCCCCCCCCSC(=O)Nc1cccc(C)c1C. The number of rotatable bonds is 9. The van der Waals surface area contributed by atoms with Crippen molar-refractivity contribution in [1.82, 2.24) is 0 Å². The predicted octanol–water partition coefficient (Wildman–Crippen LogP) is 6.32. The molecular formula is C18H29NOS. The average Bonchev–Trinajstić information content (AvgIpc) is 2.47. The fourth-order valence-corrected chi connectivity index (χ4v) is 2.97. The van der Waals surface area contributed by atoms with Gasteiger partial charge in [-0.2, -0.15) is 0 Å². The Morgan fingerprint density at radius 1 is 1.05 bits per heavy atom. The molecule has 0 aromatic heterocycles. The van der Waals surface area contributed by atoms with E-state index in [1.165, 1.54) is 55.9 Å². The van der Waals surface area contributed by atoms with Crippen LogP contribution in [0.4, 0.5) is 10.5 Å². The number of aryl methyl sites for hydroxylation is 1. The van der Waals surface area contributed by atoms with Crippen LogP contribution in [0, 0.1) is 13.8 Å². The van der Waals surface area contributed by atoms with Crippen molar-refractivity contribution in [2.75, 3.05) is 11.1 Å². The molecule has 1 aromatic carbocycles. The number of amides is 1. The Morgan fingerprint density at radius 3 is 2.43 bits per heavy atom. The molecule has 1 amide bonds. The maximum absolute atomic E-state index is 11.9. The first-order chi connectivity index (χ1) is 10.1. The predicted molar refractivity (Wildman–Crippen MR) is 95.4 cm³/mol. The van der Waals surface area contributed by atoms with Crippen LogP contribution in [0.25, 0.3) is 0 Å². The van der Waals surface area contributed by atoms with Crippen molar-refractivity contribution in [3.8, 4) is 0 Å². The maximum atomic E-state index is 11.9. The summed E-state index contributed by atoms with van der Waals surface area (Å²) in [5.74, 6) is 0.921. The number of hydrogen-bond donors (Lipinski definition) is 1. The van der Waals surface area contributed by atoms with Gasteiger partial charge in [-0.05, 0) is 37.5 Å². The van der Waals surface area contributed by atoms with Crippen LogP contribution in [0.1, 0.15) is 63.0 Å². The van der Waals surface area contributed by atoms with Gasteiger partial charge in [0.1, 0.15) is 0 Å². The molecule has 118 valence electrons. The van der Waals surface area contributed by atoms with Crippen LogP contribution in [-0.2, 0) is 0 Å². The van der Waals surface area contributed by atoms with Gasteiger partial charge in [0.05, 0.1) is 0 Å². The van der Waals surface area contributed by atoms with E-state index >= 15 is 0 Å². The number of hydrogen-bond acceptors (Lipinski definition) is 2. The molecule has 21 heavy (non-hydrogen) atoms. The maximum Gasteiger partial charge on any atom is 0.283 e. The monoisotopic (exact) mass is 307 g/mol. The minimum Gasteiger partial charge on any atom is -0.317 e. The summed E-state index contributed by atoms with van der Waals surface area (Å²) in [7, 11) is 0. The molecule has 0 radical (unpaired) electrons. The molecule has 1 rings (SSSR count). The second kappa shape index (κ2) is 10.7. The van der Waals surface area contributed by atoms with Gasteiger partial charge >= 0.3 is 0 Å². The molecule has 0 unspecified atom stereocenters. The number of anilines is 1. The van der Waals surface area contributed by atoms with Gasteiger partial charge in [-0.15, -0.1) is 0 Å². The lowest BCUT2D eigenvalue weighted by atomic mass is 10.1. The second-order valence-corrected chi connectivity index (χ2v) is 6.70. The van der Waals surface area contributed by atoms with E-state index in [9.17, 15) is 4.79 Å². The van der Waals surface area contributed by atoms with Gasteiger partial charge in [-0.1, -0.05) is 69.3 Å². The first-order valence-electron chi connectivity index (χ1n) is 8.15. The van der Waals surface area contributed by atoms with Crippen LogP contribution < -0.4 is 5.32 Å². The van der Waals surface area contributed by atoms with Gasteiger partial charge in [0.25, 0.3) is 5.24 Å². The molecule has 0 atom stereocenters. The summed E-state index contributed by atoms with van der Waals surface area (Å²) in [5.41, 5.74) is 3.30. The quantitative estimate of drug-likeness (QED) is 0.541. The summed E-state index contributed by atoms with van der Waals surface area (Å²) in [6.07, 6.45) is 9.04. The average molecular weight is 308 g/mol. The number of benzene rings is 1. The highest BCUT2D eigenvalue weighted by Gasteiger charge is 2.06. The number of carbonyl (C=O) groups excluding carboxylic acids is 1. The zero-order chi connectivity index (χ0) is 15.5. The number of thioether (sulfide) groups is 1. The highest BCUT2D eigenvalue weighted by molar-refractivity contribution is 8.13. The summed E-state index contributed by atoms with van der Waals surface area (Å²) in [6.45, 7) is 6.35. The summed E-state index contributed by atoms with van der Waals surface area (Å²) in [5, 5.41) is 3.06. The van der Waals surface area contributed by atoms with Crippen LogP contribution in [0.3, 0.4) is 0 Å². The lowest BCUT2D eigenvalue weighted by Gasteiger charge is -2.09. The standard InChI is InChI=1S/C18H29NOS/c1-4-5-6-7-8-9-10-14-21-18(20)19-17-13-11-12-15(2)16(17)3/h11-13H,4-10,14H2,1-3H3,(H,19,20). The Balaban J connectivity index is 2.13. The Labute approximate surface area is 134 Å². The first-order valence-corrected chi connectivity index (χ1v) is 9.13. The van der Waals surface area contributed by atoms with E-state index in [0.717, 1.165) is 23.4 Å². The zero-order valence-electron chi connectivity index (χ0n) is 13.7. The van der Waals surface area contributed by atoms with Gasteiger partial charge in [0.2, 0.25) is 0 Å². The summed E-state index contributed by atoms with van der Waals surface area (Å²) >= 11 is 1.40. The van der Waals surface area contributed by atoms with Crippen LogP contribution >= 0.6 is 11.8 Å². The third kappa shape index (κ3) is 7.56. The molecule has 0 aliphatic rings. The van der Waals surface area contributed by atoms with E-state index in [2.05, 4.69) is 25.2 Å². The van der Waals surface area contributed by atoms with Gasteiger partial charge in [-0.3, -0.25) is 4.79 Å². The topological polar surface area (TPSA) is 29.1 Å². The van der Waals surface area contributed by atoms with E-state index in [0.29, 0.717) is 0 Å². The smallest absolute Gasteiger partial charge is 0.283 e. The van der Waals surface area contributed by atoms with Crippen LogP contribution in [-0.4, -0.2) is 11.0 Å². The molecule has 1 N–H and O–H groups in total. The summed E-state index contributed by atoms with van der Waals surface area (Å²) < 4.78 is 0. The van der Waals surface area contributed by atoms with Crippen molar-refractivity contribution < 1.29 is 4.79 Å². The van der Waals surface area contributed by atoms with Crippen molar-refractivity contribution >= 4 is 22.7 Å². The second-order valence-electron chi connectivity index (χ2n) is 5.63. The largest absolute Gasteiger partial charge is 0.317 e. The summed E-state index contributed by atoms with van der Waals surface area (Å²) in [4.78, 5) is 11.9. The van der Waals surface area contributed by atoms with E-state index < -0.39 is 0 Å². The van der Waals surface area contributed by atoms with Crippen LogP contribution in [0.5, 0.6) is 0 Å². The molecule has 0 heterocycles. The number of unbranched alkanes of at least 4 members (excludes halogenated alkanes) is 6. The van der Waals surface area contributed by atoms with Crippen LogP contribution in [0.2, 0.25) is 0 Å². The number of nitrogens with one attached hydrogen (secondary N) is 1. The van der Waals surface area contributed by atoms with E-state index in [1.54, 1.807) is 0 Å². The molecular weight excluding hydrogens is 278 g/mol. The number of carbonyl (C=O) groups is 1. The molecule has 0 aliphatic heterocycles.